The van der Waals surface area contributed by atoms with Gasteiger partial charge in [0.25, 0.3) is 5.91 Å². The Hall–Kier alpha value is -4.89. The molecule has 1 aromatic heterocycles. The van der Waals surface area contributed by atoms with Gasteiger partial charge in [0, 0.05) is 49.4 Å². The summed E-state index contributed by atoms with van der Waals surface area (Å²) in [6, 6.07) is 19.7. The Labute approximate surface area is 253 Å². The maximum Gasteiger partial charge on any atom is 0.262 e. The Morgan fingerprint density at radius 3 is 2.40 bits per heavy atom. The first-order valence-corrected chi connectivity index (χ1v) is 14.4. The van der Waals surface area contributed by atoms with E-state index in [9.17, 15) is 4.79 Å². The maximum absolute atomic E-state index is 13.6. The van der Waals surface area contributed by atoms with Crippen molar-refractivity contribution in [2.45, 2.75) is 20.3 Å². The maximum atomic E-state index is 13.6. The number of likely N-dealkylation sites (N-methyl/N-ethyl adjacent to an activating group) is 1. The molecule has 2 heterocycles. The first-order valence-electron chi connectivity index (χ1n) is 14.4. The molecule has 1 saturated heterocycles. The third-order valence-electron chi connectivity index (χ3n) is 7.52. The molecule has 222 valence electrons. The fourth-order valence-electron chi connectivity index (χ4n) is 5.00. The molecule has 1 aliphatic rings. The number of rotatable bonds is 10. The molecule has 1 aliphatic heterocycles. The molecule has 9 heteroatoms. The number of piperazine rings is 1. The Balaban J connectivity index is 1.43. The summed E-state index contributed by atoms with van der Waals surface area (Å²) >= 11 is 0. The van der Waals surface area contributed by atoms with Crippen LogP contribution in [0, 0.1) is 13.8 Å². The van der Waals surface area contributed by atoms with Gasteiger partial charge in [-0.25, -0.2) is 4.98 Å². The molecule has 2 N–H and O–H groups in total. The van der Waals surface area contributed by atoms with E-state index in [2.05, 4.69) is 56.2 Å². The van der Waals surface area contributed by atoms with Crippen molar-refractivity contribution < 1.29 is 14.3 Å². The number of aromatic nitrogens is 2. The molecular formula is C34H38N6O3. The van der Waals surface area contributed by atoms with Crippen molar-refractivity contribution in [3.05, 3.63) is 102 Å². The molecule has 0 atom stereocenters. The van der Waals surface area contributed by atoms with E-state index in [4.69, 9.17) is 9.47 Å². The molecule has 43 heavy (non-hydrogen) atoms. The molecule has 0 unspecified atom stereocenters. The van der Waals surface area contributed by atoms with E-state index in [0.29, 0.717) is 23.9 Å². The minimum absolute atomic E-state index is 0.102. The average molecular weight is 579 g/mol. The molecule has 3 aromatic carbocycles. The largest absolute Gasteiger partial charge is 0.493 e. The van der Waals surface area contributed by atoms with Crippen LogP contribution in [0.4, 0.5) is 23.0 Å². The molecule has 1 fully saturated rings. The van der Waals surface area contributed by atoms with Gasteiger partial charge in [0.2, 0.25) is 11.8 Å². The number of benzene rings is 3. The average Bonchev–Trinajstić information content (AvgIpc) is 3.01. The molecule has 0 radical (unpaired) electrons. The smallest absolute Gasteiger partial charge is 0.262 e. The summed E-state index contributed by atoms with van der Waals surface area (Å²) in [7, 11) is 3.72. The normalized spacial score (nSPS) is 13.3. The number of methoxy groups -OCH3 is 1. The second-order valence-corrected chi connectivity index (χ2v) is 10.7. The molecule has 0 saturated carbocycles. The molecule has 5 rings (SSSR count). The fourth-order valence-corrected chi connectivity index (χ4v) is 5.00. The van der Waals surface area contributed by atoms with Crippen LogP contribution in [0.25, 0.3) is 0 Å². The highest BCUT2D eigenvalue weighted by Gasteiger charge is 2.21. The molecule has 0 spiro atoms. The Morgan fingerprint density at radius 2 is 1.72 bits per heavy atom. The van der Waals surface area contributed by atoms with Gasteiger partial charge in [0.05, 0.1) is 7.11 Å². The summed E-state index contributed by atoms with van der Waals surface area (Å²) in [6.45, 7) is 11.8. The number of ether oxygens (including phenoxy) is 2. The first-order chi connectivity index (χ1) is 20.8. The van der Waals surface area contributed by atoms with Crippen LogP contribution in [0.5, 0.6) is 17.4 Å². The number of carbonyl (C=O) groups excluding carboxylic acids is 1. The second kappa shape index (κ2) is 13.4. The zero-order valence-electron chi connectivity index (χ0n) is 25.2. The van der Waals surface area contributed by atoms with Gasteiger partial charge >= 0.3 is 0 Å². The molecule has 1 amide bonds. The highest BCUT2D eigenvalue weighted by Crippen LogP contribution is 2.34. The minimum atomic E-state index is -0.377. The summed E-state index contributed by atoms with van der Waals surface area (Å²) < 4.78 is 11.9. The van der Waals surface area contributed by atoms with Gasteiger partial charge in [0.15, 0.2) is 11.5 Å². The van der Waals surface area contributed by atoms with E-state index in [-0.39, 0.29) is 17.4 Å². The third kappa shape index (κ3) is 7.13. The Bertz CT molecular complexity index is 1580. The van der Waals surface area contributed by atoms with Gasteiger partial charge in [-0.15, -0.1) is 6.58 Å². The third-order valence-corrected chi connectivity index (χ3v) is 7.52. The van der Waals surface area contributed by atoms with Crippen LogP contribution < -0.4 is 25.0 Å². The summed E-state index contributed by atoms with van der Waals surface area (Å²) in [5.74, 6) is 0.974. The highest BCUT2D eigenvalue weighted by molar-refractivity contribution is 6.06. The van der Waals surface area contributed by atoms with Crippen molar-refractivity contribution in [2.24, 2.45) is 0 Å². The number of hydrogen-bond donors (Lipinski definition) is 2. The van der Waals surface area contributed by atoms with E-state index in [1.165, 1.54) is 11.9 Å². The number of anilines is 4. The molecule has 0 bridgehead atoms. The standard InChI is InChI=1S/C34H38N6O3/c1-6-8-25-11-16-29(30(21-25)42-5)43-33-28(32(41)37-31-23(2)9-7-10-24(31)3)22-35-34(38-33)36-26-12-14-27(15-13-26)40-19-17-39(4)18-20-40/h6-7,9-16,21-22H,1,8,17-20H2,2-5H3,(H,37,41)(H,35,36,38). The van der Waals surface area contributed by atoms with E-state index < -0.39 is 0 Å². The van der Waals surface area contributed by atoms with Crippen molar-refractivity contribution in [1.29, 1.82) is 0 Å². The van der Waals surface area contributed by atoms with Gasteiger partial charge in [-0.1, -0.05) is 30.3 Å². The predicted molar refractivity (Wildman–Crippen MR) is 172 cm³/mol. The lowest BCUT2D eigenvalue weighted by atomic mass is 10.1. The van der Waals surface area contributed by atoms with Crippen molar-refractivity contribution in [1.82, 2.24) is 14.9 Å². The molecule has 0 aliphatic carbocycles. The van der Waals surface area contributed by atoms with Crippen molar-refractivity contribution >= 4 is 28.9 Å². The predicted octanol–water partition coefficient (Wildman–Crippen LogP) is 6.37. The van der Waals surface area contributed by atoms with Crippen molar-refractivity contribution in [3.63, 3.8) is 0 Å². The fraction of sp³-hybridized carbons (Fsp3) is 0.265. The number of nitrogens with one attached hydrogen (secondary N) is 2. The Kier molecular flexibility index (Phi) is 9.22. The topological polar surface area (TPSA) is 91.9 Å². The quantitative estimate of drug-likeness (QED) is 0.210. The van der Waals surface area contributed by atoms with Gasteiger partial charge in [-0.3, -0.25) is 4.79 Å². The van der Waals surface area contributed by atoms with Crippen LogP contribution in [0.2, 0.25) is 0 Å². The van der Waals surface area contributed by atoms with Crippen LogP contribution >= 0.6 is 0 Å². The highest BCUT2D eigenvalue weighted by atomic mass is 16.5. The van der Waals surface area contributed by atoms with E-state index in [0.717, 1.165) is 54.2 Å². The summed E-state index contributed by atoms with van der Waals surface area (Å²) in [4.78, 5) is 27.4. The van der Waals surface area contributed by atoms with Gasteiger partial charge in [0.1, 0.15) is 5.56 Å². The Morgan fingerprint density at radius 1 is 1.00 bits per heavy atom. The lowest BCUT2D eigenvalue weighted by molar-refractivity contribution is 0.102. The SMILES string of the molecule is C=CCc1ccc(Oc2nc(Nc3ccc(N4CCN(C)CC4)cc3)ncc2C(=O)Nc2c(C)cccc2C)c(OC)c1. The van der Waals surface area contributed by atoms with Gasteiger partial charge < -0.3 is 29.9 Å². The van der Waals surface area contributed by atoms with E-state index in [1.54, 1.807) is 13.2 Å². The van der Waals surface area contributed by atoms with Crippen molar-refractivity contribution in [3.8, 4) is 17.4 Å². The number of aryl methyl sites for hydroxylation is 2. The van der Waals surface area contributed by atoms with E-state index >= 15 is 0 Å². The summed E-state index contributed by atoms with van der Waals surface area (Å²) in [5, 5.41) is 6.27. The molecule has 4 aromatic rings. The van der Waals surface area contributed by atoms with Crippen LogP contribution in [0.1, 0.15) is 27.0 Å². The van der Waals surface area contributed by atoms with Crippen LogP contribution in [-0.2, 0) is 6.42 Å². The zero-order chi connectivity index (χ0) is 30.3. The molecule has 9 nitrogen and oxygen atoms in total. The lowest BCUT2D eigenvalue weighted by Crippen LogP contribution is -2.44. The number of para-hydroxylation sites is 1. The van der Waals surface area contributed by atoms with Crippen LogP contribution in [0.3, 0.4) is 0 Å². The lowest BCUT2D eigenvalue weighted by Gasteiger charge is -2.34. The number of hydrogen-bond acceptors (Lipinski definition) is 8. The zero-order valence-corrected chi connectivity index (χ0v) is 25.2. The number of amides is 1. The summed E-state index contributed by atoms with van der Waals surface area (Å²) in [6.07, 6.45) is 3.99. The van der Waals surface area contributed by atoms with Crippen molar-refractivity contribution in [2.75, 3.05) is 55.9 Å². The number of carbonyl (C=O) groups is 1. The number of nitrogens with zero attached hydrogens (tertiary/aromatic N) is 4. The second-order valence-electron chi connectivity index (χ2n) is 10.7. The minimum Gasteiger partial charge on any atom is -0.493 e. The molecular weight excluding hydrogens is 540 g/mol. The van der Waals surface area contributed by atoms with E-state index in [1.807, 2.05) is 62.4 Å². The summed E-state index contributed by atoms with van der Waals surface area (Å²) in [5.41, 5.74) is 5.86. The van der Waals surface area contributed by atoms with Crippen LogP contribution in [0.15, 0.2) is 79.5 Å². The van der Waals surface area contributed by atoms with Gasteiger partial charge in [-0.05, 0) is 80.4 Å². The van der Waals surface area contributed by atoms with Gasteiger partial charge in [-0.2, -0.15) is 4.98 Å². The number of allylic oxidation sites excluding steroid dienone is 1. The first kappa shape index (κ1) is 29.6. The monoisotopic (exact) mass is 578 g/mol. The van der Waals surface area contributed by atoms with Crippen LogP contribution in [-0.4, -0.2) is 61.1 Å².